The van der Waals surface area contributed by atoms with E-state index in [4.69, 9.17) is 4.99 Å². The van der Waals surface area contributed by atoms with E-state index in [1.807, 2.05) is 25.1 Å². The molecule has 1 aliphatic carbocycles. The standard InChI is InChI=1S/C25H32N4O3S3.ClH/c1-25(30)11-8-18(9-12-25)26-13-10-19-16-27-24(34-19)20-15-17-5-3-6-21(23(17)28-20)29(2)35(31,32)22-7-4-14-33-22;/h3-7,14-15,18-19,26,28,30H,8-13,16H2,1-2H3;1H. The van der Waals surface area contributed by atoms with Gasteiger partial charge in [-0.2, -0.15) is 0 Å². The van der Waals surface area contributed by atoms with Gasteiger partial charge in [0.1, 0.15) is 9.25 Å². The molecule has 1 atom stereocenters. The van der Waals surface area contributed by atoms with Gasteiger partial charge in [-0.15, -0.1) is 23.7 Å². The summed E-state index contributed by atoms with van der Waals surface area (Å²) in [6, 6.07) is 11.7. The first kappa shape index (κ1) is 27.5. The molecule has 2 aromatic heterocycles. The zero-order valence-electron chi connectivity index (χ0n) is 20.4. The highest BCUT2D eigenvalue weighted by molar-refractivity contribution is 8.15. The maximum Gasteiger partial charge on any atom is 0.273 e. The van der Waals surface area contributed by atoms with Crippen LogP contribution < -0.4 is 9.62 Å². The maximum absolute atomic E-state index is 13.1. The summed E-state index contributed by atoms with van der Waals surface area (Å²) in [5.74, 6) is 0. The number of nitrogens with zero attached hydrogens (tertiary/aromatic N) is 2. The molecule has 3 aromatic rings. The van der Waals surface area contributed by atoms with Gasteiger partial charge in [0, 0.05) is 23.7 Å². The Labute approximate surface area is 227 Å². The summed E-state index contributed by atoms with van der Waals surface area (Å²) < 4.78 is 27.8. The van der Waals surface area contributed by atoms with E-state index in [1.165, 1.54) is 15.6 Å². The molecule has 0 spiro atoms. The lowest BCUT2D eigenvalue weighted by Gasteiger charge is -2.33. The number of sulfonamides is 1. The summed E-state index contributed by atoms with van der Waals surface area (Å²) in [6.45, 7) is 3.68. The number of aromatic amines is 1. The predicted octanol–water partition coefficient (Wildman–Crippen LogP) is 5.01. The number of para-hydroxylation sites is 1. The molecule has 3 N–H and O–H groups in total. The van der Waals surface area contributed by atoms with Gasteiger partial charge >= 0.3 is 0 Å². The zero-order chi connectivity index (χ0) is 24.6. The van der Waals surface area contributed by atoms with E-state index in [1.54, 1.807) is 36.3 Å². The molecule has 1 saturated carbocycles. The van der Waals surface area contributed by atoms with Crippen molar-refractivity contribution in [3.8, 4) is 0 Å². The van der Waals surface area contributed by atoms with Crippen molar-refractivity contribution in [3.05, 3.63) is 47.5 Å². The number of aliphatic imine (C=N–C) groups is 1. The molecular weight excluding hydrogens is 536 g/mol. The van der Waals surface area contributed by atoms with E-state index in [0.717, 1.165) is 66.8 Å². The Morgan fingerprint density at radius 1 is 1.25 bits per heavy atom. The molecule has 0 radical (unpaired) electrons. The van der Waals surface area contributed by atoms with Crippen LogP contribution in [0.4, 0.5) is 5.69 Å². The zero-order valence-corrected chi connectivity index (χ0v) is 23.7. The van der Waals surface area contributed by atoms with E-state index in [9.17, 15) is 13.5 Å². The third-order valence-corrected chi connectivity index (χ3v) is 11.4. The van der Waals surface area contributed by atoms with Crippen molar-refractivity contribution in [2.24, 2.45) is 4.99 Å². The fourth-order valence-corrected chi connectivity index (χ4v) is 8.26. The summed E-state index contributed by atoms with van der Waals surface area (Å²) in [5.41, 5.74) is 1.86. The highest BCUT2D eigenvalue weighted by Crippen LogP contribution is 2.34. The minimum atomic E-state index is -3.61. The fourth-order valence-electron chi connectivity index (χ4n) is 4.80. The van der Waals surface area contributed by atoms with Gasteiger partial charge in [0.2, 0.25) is 0 Å². The summed E-state index contributed by atoms with van der Waals surface area (Å²) in [4.78, 5) is 8.24. The molecule has 0 bridgehead atoms. The third kappa shape index (κ3) is 5.79. The van der Waals surface area contributed by atoms with Crippen molar-refractivity contribution in [2.45, 2.75) is 60.1 Å². The smallest absolute Gasteiger partial charge is 0.273 e. The number of rotatable bonds is 8. The molecule has 7 nitrogen and oxygen atoms in total. The monoisotopic (exact) mass is 568 g/mol. The van der Waals surface area contributed by atoms with Gasteiger partial charge in [0.25, 0.3) is 10.0 Å². The van der Waals surface area contributed by atoms with Gasteiger partial charge in [-0.25, -0.2) is 8.42 Å². The van der Waals surface area contributed by atoms with Gasteiger partial charge in [0.05, 0.1) is 29.0 Å². The van der Waals surface area contributed by atoms with E-state index in [0.29, 0.717) is 21.2 Å². The second-order valence-electron chi connectivity index (χ2n) is 9.73. The van der Waals surface area contributed by atoms with Crippen LogP contribution in [0.2, 0.25) is 0 Å². The number of anilines is 1. The second-order valence-corrected chi connectivity index (χ2v) is 14.2. The number of thiophene rings is 1. The van der Waals surface area contributed by atoms with Gasteiger partial charge in [-0.05, 0) is 69.2 Å². The first-order valence-corrected chi connectivity index (χ1v) is 15.2. The number of nitrogens with one attached hydrogen (secondary N) is 2. The van der Waals surface area contributed by atoms with Gasteiger partial charge in [-0.1, -0.05) is 30.0 Å². The topological polar surface area (TPSA) is 97.8 Å². The van der Waals surface area contributed by atoms with E-state index in [-0.39, 0.29) is 12.4 Å². The number of aliphatic hydroxyl groups is 1. The van der Waals surface area contributed by atoms with Gasteiger partial charge in [-0.3, -0.25) is 9.30 Å². The lowest BCUT2D eigenvalue weighted by atomic mass is 9.83. The molecule has 11 heteroatoms. The first-order chi connectivity index (χ1) is 16.7. The quantitative estimate of drug-likeness (QED) is 0.355. The van der Waals surface area contributed by atoms with Crippen LogP contribution in [0.25, 0.3) is 10.9 Å². The van der Waals surface area contributed by atoms with Crippen LogP contribution in [0.15, 0.2) is 51.0 Å². The molecular formula is C25H33ClN4O3S3. The number of halogens is 1. The maximum atomic E-state index is 13.1. The molecule has 36 heavy (non-hydrogen) atoms. The SMILES string of the molecule is CN(c1cccc2cc(C3=NCC(CCNC4CCC(C)(O)CC4)S3)[nH]c12)S(=O)(=O)c1cccs1.Cl. The highest BCUT2D eigenvalue weighted by Gasteiger charge is 2.29. The Balaban J connectivity index is 0.00000304. The van der Waals surface area contributed by atoms with Crippen molar-refractivity contribution in [3.63, 3.8) is 0 Å². The Hall–Kier alpha value is -1.56. The molecule has 1 unspecified atom stereocenters. The minimum absolute atomic E-state index is 0. The van der Waals surface area contributed by atoms with Crippen LogP contribution in [0.5, 0.6) is 0 Å². The molecule has 2 aliphatic rings. The lowest BCUT2D eigenvalue weighted by molar-refractivity contribution is 0.0142. The number of thioether (sulfide) groups is 1. The number of fused-ring (bicyclic) bond motifs is 1. The molecule has 1 aliphatic heterocycles. The van der Waals surface area contributed by atoms with Crippen molar-refractivity contribution in [1.29, 1.82) is 0 Å². The lowest BCUT2D eigenvalue weighted by Crippen LogP contribution is -2.40. The first-order valence-electron chi connectivity index (χ1n) is 12.0. The Kier molecular flexibility index (Phi) is 8.43. The summed E-state index contributed by atoms with van der Waals surface area (Å²) >= 11 is 3.01. The number of hydrogen-bond acceptors (Lipinski definition) is 7. The average molecular weight is 569 g/mol. The van der Waals surface area contributed by atoms with Crippen LogP contribution in [0.3, 0.4) is 0 Å². The summed E-state index contributed by atoms with van der Waals surface area (Å²) in [7, 11) is -2.01. The van der Waals surface area contributed by atoms with Crippen LogP contribution >= 0.6 is 35.5 Å². The van der Waals surface area contributed by atoms with Gasteiger partial charge in [0.15, 0.2) is 0 Å². The molecule has 196 valence electrons. The average Bonchev–Trinajstić information content (AvgIpc) is 3.59. The van der Waals surface area contributed by atoms with Crippen molar-refractivity contribution >= 4 is 67.2 Å². The number of H-pyrrole nitrogens is 1. The largest absolute Gasteiger partial charge is 0.390 e. The predicted molar refractivity (Wildman–Crippen MR) is 154 cm³/mol. The summed E-state index contributed by atoms with van der Waals surface area (Å²) in [5, 5.41) is 17.9. The highest BCUT2D eigenvalue weighted by atomic mass is 35.5. The van der Waals surface area contributed by atoms with Crippen LogP contribution in [-0.4, -0.2) is 60.6 Å². The van der Waals surface area contributed by atoms with Gasteiger partial charge < -0.3 is 15.4 Å². The molecule has 1 aromatic carbocycles. The molecule has 0 saturated heterocycles. The Bertz CT molecular complexity index is 1310. The van der Waals surface area contributed by atoms with E-state index < -0.39 is 15.6 Å². The minimum Gasteiger partial charge on any atom is -0.390 e. The van der Waals surface area contributed by atoms with Crippen LogP contribution in [0.1, 0.15) is 44.7 Å². The Morgan fingerprint density at radius 2 is 2.03 bits per heavy atom. The van der Waals surface area contributed by atoms with E-state index in [2.05, 4.69) is 16.4 Å². The summed E-state index contributed by atoms with van der Waals surface area (Å²) in [6.07, 6.45) is 4.82. The van der Waals surface area contributed by atoms with Crippen LogP contribution in [-0.2, 0) is 10.0 Å². The fraction of sp³-hybridized carbons (Fsp3) is 0.480. The van der Waals surface area contributed by atoms with Crippen molar-refractivity contribution < 1.29 is 13.5 Å². The third-order valence-electron chi connectivity index (χ3n) is 6.99. The van der Waals surface area contributed by atoms with Crippen molar-refractivity contribution in [1.82, 2.24) is 10.3 Å². The molecule has 1 fully saturated rings. The molecule has 5 rings (SSSR count). The van der Waals surface area contributed by atoms with Crippen molar-refractivity contribution in [2.75, 3.05) is 24.4 Å². The molecule has 0 amide bonds. The second kappa shape index (κ2) is 11.0. The number of hydrogen-bond donors (Lipinski definition) is 3. The van der Waals surface area contributed by atoms with E-state index >= 15 is 0 Å². The Morgan fingerprint density at radius 3 is 2.75 bits per heavy atom. The molecule has 3 heterocycles. The number of aromatic nitrogens is 1. The normalized spacial score (nSPS) is 24.5. The number of benzene rings is 1. The van der Waals surface area contributed by atoms with Crippen LogP contribution in [0, 0.1) is 0 Å².